The van der Waals surface area contributed by atoms with Crippen molar-refractivity contribution < 1.29 is 9.32 Å². The second kappa shape index (κ2) is 6.50. The molecule has 1 aliphatic heterocycles. The van der Waals surface area contributed by atoms with Gasteiger partial charge in [0.25, 0.3) is 0 Å². The normalized spacial score (nSPS) is 17.3. The number of aryl methyl sites for hydroxylation is 2. The van der Waals surface area contributed by atoms with E-state index in [1.807, 2.05) is 43.0 Å². The Morgan fingerprint density at radius 1 is 1.26 bits per heavy atom. The van der Waals surface area contributed by atoms with Gasteiger partial charge in [0.2, 0.25) is 11.8 Å². The standard InChI is InChI=1S/C17H22N4O2/c1-11-3-5-13(6-4-11)15(18)17(22)21-9-7-14(8-10-21)16-19-12(2)20-23-16/h3-6,14-15H,7-10,18H2,1-2H3. The highest BCUT2D eigenvalue weighted by Gasteiger charge is 2.29. The number of rotatable bonds is 3. The van der Waals surface area contributed by atoms with Crippen LogP contribution in [0.5, 0.6) is 0 Å². The minimum atomic E-state index is -0.599. The molecule has 2 N–H and O–H groups in total. The summed E-state index contributed by atoms with van der Waals surface area (Å²) in [6.07, 6.45) is 1.65. The molecule has 1 aromatic carbocycles. The summed E-state index contributed by atoms with van der Waals surface area (Å²) in [6.45, 7) is 5.17. The lowest BCUT2D eigenvalue weighted by atomic mass is 9.95. The number of carbonyl (C=O) groups is 1. The van der Waals surface area contributed by atoms with Crippen LogP contribution < -0.4 is 5.73 Å². The predicted molar refractivity (Wildman–Crippen MR) is 85.7 cm³/mol. The lowest BCUT2D eigenvalue weighted by molar-refractivity contribution is -0.133. The van der Waals surface area contributed by atoms with E-state index in [1.165, 1.54) is 0 Å². The number of benzene rings is 1. The first-order chi connectivity index (χ1) is 11.0. The summed E-state index contributed by atoms with van der Waals surface area (Å²) in [5, 5.41) is 3.83. The number of carbonyl (C=O) groups excluding carboxylic acids is 1. The van der Waals surface area contributed by atoms with Gasteiger partial charge in [-0.1, -0.05) is 35.0 Å². The van der Waals surface area contributed by atoms with Crippen LogP contribution in [0.3, 0.4) is 0 Å². The average Bonchev–Trinajstić information content (AvgIpc) is 3.01. The smallest absolute Gasteiger partial charge is 0.244 e. The fourth-order valence-corrected chi connectivity index (χ4v) is 2.94. The lowest BCUT2D eigenvalue weighted by Gasteiger charge is -2.32. The maximum Gasteiger partial charge on any atom is 0.244 e. The average molecular weight is 314 g/mol. The molecule has 6 nitrogen and oxygen atoms in total. The van der Waals surface area contributed by atoms with E-state index in [9.17, 15) is 4.79 Å². The van der Waals surface area contributed by atoms with E-state index in [0.717, 1.165) is 24.0 Å². The molecule has 3 rings (SSSR count). The van der Waals surface area contributed by atoms with Gasteiger partial charge in [0.05, 0.1) is 0 Å². The summed E-state index contributed by atoms with van der Waals surface area (Å²) >= 11 is 0. The first kappa shape index (κ1) is 15.7. The maximum absolute atomic E-state index is 12.6. The third kappa shape index (κ3) is 3.42. The number of nitrogens with two attached hydrogens (primary N) is 1. The zero-order chi connectivity index (χ0) is 16.4. The fraction of sp³-hybridized carbons (Fsp3) is 0.471. The van der Waals surface area contributed by atoms with Crippen LogP contribution in [-0.2, 0) is 4.79 Å². The number of hydrogen-bond acceptors (Lipinski definition) is 5. The van der Waals surface area contributed by atoms with E-state index >= 15 is 0 Å². The van der Waals surface area contributed by atoms with Gasteiger partial charge in [-0.25, -0.2) is 0 Å². The monoisotopic (exact) mass is 314 g/mol. The van der Waals surface area contributed by atoms with Crippen molar-refractivity contribution >= 4 is 5.91 Å². The van der Waals surface area contributed by atoms with Gasteiger partial charge in [-0.2, -0.15) is 4.98 Å². The van der Waals surface area contributed by atoms with Crippen LogP contribution in [0.2, 0.25) is 0 Å². The number of aromatic nitrogens is 2. The second-order valence-electron chi connectivity index (χ2n) is 6.17. The van der Waals surface area contributed by atoms with Gasteiger partial charge in [-0.15, -0.1) is 0 Å². The zero-order valence-electron chi connectivity index (χ0n) is 13.5. The first-order valence-corrected chi connectivity index (χ1v) is 7.95. The minimum Gasteiger partial charge on any atom is -0.341 e. The van der Waals surface area contributed by atoms with Crippen molar-refractivity contribution in [2.45, 2.75) is 38.6 Å². The summed E-state index contributed by atoms with van der Waals surface area (Å²) in [4.78, 5) is 18.7. The Hall–Kier alpha value is -2.21. The molecule has 2 heterocycles. The van der Waals surface area contributed by atoms with Crippen LogP contribution in [0.15, 0.2) is 28.8 Å². The highest BCUT2D eigenvalue weighted by molar-refractivity contribution is 5.83. The van der Waals surface area contributed by atoms with Crippen molar-refractivity contribution in [2.24, 2.45) is 5.73 Å². The van der Waals surface area contributed by atoms with Crippen LogP contribution in [0.1, 0.15) is 47.6 Å². The highest BCUT2D eigenvalue weighted by Crippen LogP contribution is 2.28. The summed E-state index contributed by atoms with van der Waals surface area (Å²) < 4.78 is 5.24. The number of hydrogen-bond donors (Lipinski definition) is 1. The molecular formula is C17H22N4O2. The molecule has 2 aromatic rings. The SMILES string of the molecule is Cc1ccc(C(N)C(=O)N2CCC(c3nc(C)no3)CC2)cc1. The van der Waals surface area contributed by atoms with Crippen molar-refractivity contribution in [3.8, 4) is 0 Å². The first-order valence-electron chi connectivity index (χ1n) is 7.95. The molecule has 0 spiro atoms. The number of amides is 1. The molecule has 6 heteroatoms. The Morgan fingerprint density at radius 2 is 1.91 bits per heavy atom. The van der Waals surface area contributed by atoms with E-state index in [1.54, 1.807) is 0 Å². The molecule has 1 saturated heterocycles. The van der Waals surface area contributed by atoms with E-state index in [0.29, 0.717) is 24.8 Å². The zero-order valence-corrected chi connectivity index (χ0v) is 13.5. The number of likely N-dealkylation sites (tertiary alicyclic amines) is 1. The highest BCUT2D eigenvalue weighted by atomic mass is 16.5. The molecule has 0 saturated carbocycles. The Balaban J connectivity index is 1.60. The summed E-state index contributed by atoms with van der Waals surface area (Å²) in [5.74, 6) is 1.54. The second-order valence-corrected chi connectivity index (χ2v) is 6.17. The lowest BCUT2D eigenvalue weighted by Crippen LogP contribution is -2.43. The van der Waals surface area contributed by atoms with Gasteiger partial charge >= 0.3 is 0 Å². The van der Waals surface area contributed by atoms with Crippen molar-refractivity contribution in [3.63, 3.8) is 0 Å². The molecule has 23 heavy (non-hydrogen) atoms. The van der Waals surface area contributed by atoms with Gasteiger partial charge in [-0.3, -0.25) is 4.79 Å². The molecule has 1 aliphatic rings. The van der Waals surface area contributed by atoms with Crippen molar-refractivity contribution in [3.05, 3.63) is 47.1 Å². The summed E-state index contributed by atoms with van der Waals surface area (Å²) in [6, 6.07) is 7.20. The molecule has 1 atom stereocenters. The Kier molecular flexibility index (Phi) is 4.43. The van der Waals surface area contributed by atoms with Crippen LogP contribution in [-0.4, -0.2) is 34.0 Å². The van der Waals surface area contributed by atoms with Gasteiger partial charge in [0, 0.05) is 19.0 Å². The van der Waals surface area contributed by atoms with Crippen LogP contribution in [0.25, 0.3) is 0 Å². The van der Waals surface area contributed by atoms with Crippen molar-refractivity contribution in [1.29, 1.82) is 0 Å². The fourth-order valence-electron chi connectivity index (χ4n) is 2.94. The van der Waals surface area contributed by atoms with Gasteiger partial charge in [0.15, 0.2) is 5.82 Å². The molecule has 1 amide bonds. The largest absolute Gasteiger partial charge is 0.341 e. The molecule has 0 aliphatic carbocycles. The molecule has 1 fully saturated rings. The summed E-state index contributed by atoms with van der Waals surface area (Å²) in [5.41, 5.74) is 8.15. The third-order valence-electron chi connectivity index (χ3n) is 4.40. The van der Waals surface area contributed by atoms with E-state index in [-0.39, 0.29) is 11.8 Å². The topological polar surface area (TPSA) is 85.3 Å². The maximum atomic E-state index is 12.6. The number of nitrogens with zero attached hydrogens (tertiary/aromatic N) is 3. The predicted octanol–water partition coefficient (Wildman–Crippen LogP) is 2.09. The molecular weight excluding hydrogens is 292 g/mol. The molecule has 1 unspecified atom stereocenters. The Labute approximate surface area is 135 Å². The van der Waals surface area contributed by atoms with E-state index in [4.69, 9.17) is 10.3 Å². The van der Waals surface area contributed by atoms with Crippen molar-refractivity contribution in [1.82, 2.24) is 15.0 Å². The molecule has 0 radical (unpaired) electrons. The Morgan fingerprint density at radius 3 is 2.48 bits per heavy atom. The van der Waals surface area contributed by atoms with Crippen molar-refractivity contribution in [2.75, 3.05) is 13.1 Å². The van der Waals surface area contributed by atoms with Gasteiger partial charge < -0.3 is 15.2 Å². The van der Waals surface area contributed by atoms with Gasteiger partial charge in [-0.05, 0) is 32.3 Å². The third-order valence-corrected chi connectivity index (χ3v) is 4.40. The molecule has 0 bridgehead atoms. The molecule has 1 aromatic heterocycles. The van der Waals surface area contributed by atoms with E-state index < -0.39 is 6.04 Å². The quantitative estimate of drug-likeness (QED) is 0.937. The van der Waals surface area contributed by atoms with Crippen LogP contribution in [0, 0.1) is 13.8 Å². The minimum absolute atomic E-state index is 0.0194. The van der Waals surface area contributed by atoms with Crippen LogP contribution >= 0.6 is 0 Å². The van der Waals surface area contributed by atoms with Crippen LogP contribution in [0.4, 0.5) is 0 Å². The van der Waals surface area contributed by atoms with Gasteiger partial charge in [0.1, 0.15) is 6.04 Å². The number of piperidine rings is 1. The van der Waals surface area contributed by atoms with E-state index in [2.05, 4.69) is 10.1 Å². The Bertz CT molecular complexity index is 672. The summed E-state index contributed by atoms with van der Waals surface area (Å²) in [7, 11) is 0. The molecule has 122 valence electrons.